The molecule has 2 aromatic rings. The predicted octanol–water partition coefficient (Wildman–Crippen LogP) is 2.38. The smallest absolute Gasteiger partial charge is 0.227 e. The number of nitrogens with zero attached hydrogens (tertiary/aromatic N) is 3. The minimum absolute atomic E-state index is 0.0662. The summed E-state index contributed by atoms with van der Waals surface area (Å²) in [6.45, 7) is 6.98. The summed E-state index contributed by atoms with van der Waals surface area (Å²) in [4.78, 5) is 21.7. The fourth-order valence-corrected chi connectivity index (χ4v) is 4.51. The standard InChI is InChI=1S/C18H23N3O3S/c1-2-24-14-4-3-5-15-16(14)19-18(25-15)21-7-6-13(12-21)17(22)20-8-10-23-11-9-20/h3-5,13H,2,6-12H2,1H3. The summed E-state index contributed by atoms with van der Waals surface area (Å²) in [5.74, 6) is 1.17. The molecule has 0 aliphatic carbocycles. The maximum Gasteiger partial charge on any atom is 0.227 e. The van der Waals surface area contributed by atoms with Gasteiger partial charge >= 0.3 is 0 Å². The van der Waals surface area contributed by atoms with Crippen LogP contribution in [0.5, 0.6) is 5.75 Å². The van der Waals surface area contributed by atoms with Crippen molar-refractivity contribution < 1.29 is 14.3 Å². The Labute approximate surface area is 151 Å². The average Bonchev–Trinajstić information content (AvgIpc) is 3.29. The number of fused-ring (bicyclic) bond motifs is 1. The molecule has 0 bridgehead atoms. The normalized spacial score (nSPS) is 21.1. The first-order valence-corrected chi connectivity index (χ1v) is 9.71. The van der Waals surface area contributed by atoms with E-state index in [1.807, 2.05) is 24.0 Å². The van der Waals surface area contributed by atoms with E-state index in [4.69, 9.17) is 14.5 Å². The quantitative estimate of drug-likeness (QED) is 0.837. The second-order valence-electron chi connectivity index (χ2n) is 6.40. The highest BCUT2D eigenvalue weighted by molar-refractivity contribution is 7.22. The Morgan fingerprint density at radius 3 is 3.00 bits per heavy atom. The third-order valence-corrected chi connectivity index (χ3v) is 5.88. The number of hydrogen-bond donors (Lipinski definition) is 0. The Kier molecular flexibility index (Phi) is 4.76. The van der Waals surface area contributed by atoms with Gasteiger partial charge in [-0.25, -0.2) is 4.98 Å². The molecule has 1 aromatic carbocycles. The molecule has 2 aliphatic heterocycles. The number of amides is 1. The van der Waals surface area contributed by atoms with Crippen LogP contribution < -0.4 is 9.64 Å². The number of thiazole rings is 1. The molecule has 7 heteroatoms. The lowest BCUT2D eigenvalue weighted by Crippen LogP contribution is -2.44. The van der Waals surface area contributed by atoms with E-state index >= 15 is 0 Å². The van der Waals surface area contributed by atoms with Crippen molar-refractivity contribution in [1.29, 1.82) is 0 Å². The van der Waals surface area contributed by atoms with E-state index in [9.17, 15) is 4.79 Å². The number of morpholine rings is 1. The number of hydrogen-bond acceptors (Lipinski definition) is 6. The SMILES string of the molecule is CCOc1cccc2sc(N3CCC(C(=O)N4CCOCC4)C3)nc12. The molecule has 0 spiro atoms. The Morgan fingerprint density at radius 2 is 2.20 bits per heavy atom. The van der Waals surface area contributed by atoms with Gasteiger partial charge in [-0.15, -0.1) is 0 Å². The highest BCUT2D eigenvalue weighted by Gasteiger charge is 2.33. The molecule has 25 heavy (non-hydrogen) atoms. The van der Waals surface area contributed by atoms with Crippen LogP contribution in [-0.4, -0.2) is 61.8 Å². The van der Waals surface area contributed by atoms with E-state index in [-0.39, 0.29) is 11.8 Å². The van der Waals surface area contributed by atoms with Crippen molar-refractivity contribution in [3.05, 3.63) is 18.2 Å². The van der Waals surface area contributed by atoms with Gasteiger partial charge in [-0.3, -0.25) is 4.79 Å². The van der Waals surface area contributed by atoms with Gasteiger partial charge < -0.3 is 19.3 Å². The van der Waals surface area contributed by atoms with Gasteiger partial charge in [0.05, 0.1) is 30.4 Å². The highest BCUT2D eigenvalue weighted by Crippen LogP contribution is 2.36. The number of aromatic nitrogens is 1. The molecule has 2 saturated heterocycles. The Balaban J connectivity index is 1.49. The van der Waals surface area contributed by atoms with Gasteiger partial charge in [-0.05, 0) is 25.5 Å². The number of carbonyl (C=O) groups excluding carboxylic acids is 1. The van der Waals surface area contributed by atoms with Crippen LogP contribution in [0.15, 0.2) is 18.2 Å². The molecule has 0 radical (unpaired) electrons. The average molecular weight is 361 g/mol. The zero-order valence-electron chi connectivity index (χ0n) is 14.4. The lowest BCUT2D eigenvalue weighted by atomic mass is 10.1. The Hall–Kier alpha value is -1.86. The van der Waals surface area contributed by atoms with Gasteiger partial charge in [0.1, 0.15) is 11.3 Å². The molecule has 1 aromatic heterocycles. The van der Waals surface area contributed by atoms with Gasteiger partial charge in [0, 0.05) is 26.2 Å². The predicted molar refractivity (Wildman–Crippen MR) is 98.5 cm³/mol. The zero-order valence-corrected chi connectivity index (χ0v) is 15.3. The maximum absolute atomic E-state index is 12.7. The maximum atomic E-state index is 12.7. The van der Waals surface area contributed by atoms with Crippen molar-refractivity contribution in [2.75, 3.05) is 50.9 Å². The van der Waals surface area contributed by atoms with Crippen LogP contribution in [0.1, 0.15) is 13.3 Å². The number of carbonyl (C=O) groups is 1. The first-order valence-electron chi connectivity index (χ1n) is 8.90. The zero-order chi connectivity index (χ0) is 17.2. The summed E-state index contributed by atoms with van der Waals surface area (Å²) >= 11 is 1.67. The summed E-state index contributed by atoms with van der Waals surface area (Å²) in [6, 6.07) is 6.04. The largest absolute Gasteiger partial charge is 0.492 e. The van der Waals surface area contributed by atoms with Crippen LogP contribution in [0.4, 0.5) is 5.13 Å². The fourth-order valence-electron chi connectivity index (χ4n) is 3.50. The molecular weight excluding hydrogens is 338 g/mol. The summed E-state index contributed by atoms with van der Waals surface area (Å²) in [5.41, 5.74) is 0.923. The Morgan fingerprint density at radius 1 is 1.36 bits per heavy atom. The van der Waals surface area contributed by atoms with Gasteiger partial charge in [0.15, 0.2) is 5.13 Å². The van der Waals surface area contributed by atoms with Gasteiger partial charge in [-0.2, -0.15) is 0 Å². The molecule has 0 N–H and O–H groups in total. The van der Waals surface area contributed by atoms with E-state index in [0.29, 0.717) is 32.9 Å². The van der Waals surface area contributed by atoms with Crippen LogP contribution in [-0.2, 0) is 9.53 Å². The molecule has 1 amide bonds. The van der Waals surface area contributed by atoms with E-state index in [0.717, 1.165) is 40.6 Å². The molecular formula is C18H23N3O3S. The van der Waals surface area contributed by atoms with Crippen molar-refractivity contribution in [1.82, 2.24) is 9.88 Å². The fraction of sp³-hybridized carbons (Fsp3) is 0.556. The molecule has 4 rings (SSSR count). The molecule has 134 valence electrons. The van der Waals surface area contributed by atoms with Crippen molar-refractivity contribution in [3.63, 3.8) is 0 Å². The van der Waals surface area contributed by atoms with Crippen molar-refractivity contribution in [3.8, 4) is 5.75 Å². The lowest BCUT2D eigenvalue weighted by molar-refractivity contribution is -0.138. The molecule has 0 saturated carbocycles. The number of benzene rings is 1. The van der Waals surface area contributed by atoms with Crippen LogP contribution in [0.3, 0.4) is 0 Å². The number of ether oxygens (including phenoxy) is 2. The van der Waals surface area contributed by atoms with Crippen molar-refractivity contribution >= 4 is 32.6 Å². The van der Waals surface area contributed by atoms with Gasteiger partial charge in [0.25, 0.3) is 0 Å². The number of anilines is 1. The minimum Gasteiger partial charge on any atom is -0.492 e. The molecule has 6 nitrogen and oxygen atoms in total. The molecule has 2 aliphatic rings. The molecule has 3 heterocycles. The first kappa shape index (κ1) is 16.6. The summed E-state index contributed by atoms with van der Waals surface area (Å²) in [7, 11) is 0. The topological polar surface area (TPSA) is 54.9 Å². The molecule has 1 atom stereocenters. The summed E-state index contributed by atoms with van der Waals surface area (Å²) in [5, 5.41) is 0.986. The summed E-state index contributed by atoms with van der Waals surface area (Å²) in [6.07, 6.45) is 0.893. The van der Waals surface area contributed by atoms with Gasteiger partial charge in [-0.1, -0.05) is 17.4 Å². The number of rotatable bonds is 4. The molecule has 1 unspecified atom stereocenters. The van der Waals surface area contributed by atoms with Crippen LogP contribution in [0, 0.1) is 5.92 Å². The Bertz CT molecular complexity index is 757. The third kappa shape index (κ3) is 3.30. The van der Waals surface area contributed by atoms with E-state index in [1.54, 1.807) is 11.3 Å². The summed E-state index contributed by atoms with van der Waals surface area (Å²) < 4.78 is 12.2. The van der Waals surface area contributed by atoms with E-state index in [2.05, 4.69) is 11.0 Å². The van der Waals surface area contributed by atoms with Crippen LogP contribution >= 0.6 is 11.3 Å². The van der Waals surface area contributed by atoms with Crippen molar-refractivity contribution in [2.24, 2.45) is 5.92 Å². The van der Waals surface area contributed by atoms with Crippen LogP contribution in [0.2, 0.25) is 0 Å². The van der Waals surface area contributed by atoms with Crippen LogP contribution in [0.25, 0.3) is 10.2 Å². The second-order valence-corrected chi connectivity index (χ2v) is 7.41. The van der Waals surface area contributed by atoms with Crippen molar-refractivity contribution in [2.45, 2.75) is 13.3 Å². The second kappa shape index (κ2) is 7.17. The minimum atomic E-state index is 0.0662. The monoisotopic (exact) mass is 361 g/mol. The third-order valence-electron chi connectivity index (χ3n) is 4.80. The first-order chi connectivity index (χ1) is 12.3. The van der Waals surface area contributed by atoms with Gasteiger partial charge in [0.2, 0.25) is 5.91 Å². The lowest BCUT2D eigenvalue weighted by Gasteiger charge is -2.29. The number of para-hydroxylation sites is 1. The highest BCUT2D eigenvalue weighted by atomic mass is 32.1. The van der Waals surface area contributed by atoms with E-state index in [1.165, 1.54) is 0 Å². The van der Waals surface area contributed by atoms with E-state index < -0.39 is 0 Å². The molecule has 2 fully saturated rings.